The lowest BCUT2D eigenvalue weighted by Crippen LogP contribution is -2.37. The van der Waals surface area contributed by atoms with Crippen LogP contribution in [-0.4, -0.2) is 25.0 Å². The Morgan fingerprint density at radius 2 is 2.19 bits per heavy atom. The van der Waals surface area contributed by atoms with Gasteiger partial charge >= 0.3 is 0 Å². The van der Waals surface area contributed by atoms with Crippen molar-refractivity contribution in [1.29, 1.82) is 0 Å². The minimum Gasteiger partial charge on any atom is -0.427 e. The molecule has 0 amide bonds. The average molecular weight is 234 g/mol. The number of nitrogens with zero attached hydrogens (tertiary/aromatic N) is 1. The van der Waals surface area contributed by atoms with Crippen LogP contribution in [0.4, 0.5) is 5.69 Å². The molecule has 16 heavy (non-hydrogen) atoms. The molecule has 4 heteroatoms. The van der Waals surface area contributed by atoms with E-state index in [1.165, 1.54) is 11.1 Å². The van der Waals surface area contributed by atoms with Crippen LogP contribution in [0.15, 0.2) is 23.2 Å². The van der Waals surface area contributed by atoms with E-state index < -0.39 is 8.32 Å². The zero-order valence-electron chi connectivity index (χ0n) is 9.83. The minimum absolute atomic E-state index is 0.662. The highest BCUT2D eigenvalue weighted by molar-refractivity contribution is 7.00. The monoisotopic (exact) mass is 234 g/mol. The molecule has 0 aromatic heterocycles. The van der Waals surface area contributed by atoms with Gasteiger partial charge in [-0.2, -0.15) is 0 Å². The van der Waals surface area contributed by atoms with Crippen molar-refractivity contribution in [3.63, 3.8) is 0 Å². The second-order valence-electron chi connectivity index (χ2n) is 4.80. The molecule has 0 fully saturated rings. The Bertz CT molecular complexity index is 435. The summed E-state index contributed by atoms with van der Waals surface area (Å²) in [6.07, 6.45) is 1.70. The van der Waals surface area contributed by atoms with Gasteiger partial charge in [0.05, 0.1) is 5.69 Å². The molecule has 0 saturated carbocycles. The Labute approximate surface area is 97.1 Å². The van der Waals surface area contributed by atoms with E-state index in [-0.39, 0.29) is 0 Å². The molecule has 0 bridgehead atoms. The topological polar surface area (TPSA) is 58.6 Å². The van der Waals surface area contributed by atoms with Crippen LogP contribution in [0.2, 0.25) is 13.1 Å². The molecule has 0 unspecified atom stereocenters. The predicted molar refractivity (Wildman–Crippen MR) is 69.7 cm³/mol. The zero-order valence-corrected chi connectivity index (χ0v) is 10.8. The first-order valence-corrected chi connectivity index (χ1v) is 8.57. The lowest BCUT2D eigenvalue weighted by atomic mass is 10.1. The first kappa shape index (κ1) is 11.5. The number of benzene rings is 1. The van der Waals surface area contributed by atoms with E-state index >= 15 is 0 Å². The first-order chi connectivity index (χ1) is 7.50. The van der Waals surface area contributed by atoms with E-state index in [1.54, 1.807) is 0 Å². The van der Waals surface area contributed by atoms with Crippen LogP contribution in [0.25, 0.3) is 0 Å². The fraction of sp³-hybridized carbons (Fsp3) is 0.417. The zero-order chi connectivity index (χ0) is 11.8. The van der Waals surface area contributed by atoms with E-state index in [4.69, 9.17) is 5.73 Å². The van der Waals surface area contributed by atoms with Crippen molar-refractivity contribution in [3.05, 3.63) is 29.3 Å². The molecule has 0 spiro atoms. The van der Waals surface area contributed by atoms with Crippen LogP contribution in [0.5, 0.6) is 0 Å². The SMILES string of the molecule is C[Si](C)(O)C1=Nc2cc(CCN)ccc2C1. The summed E-state index contributed by atoms with van der Waals surface area (Å²) in [4.78, 5) is 14.6. The molecule has 3 nitrogen and oxygen atoms in total. The van der Waals surface area contributed by atoms with Crippen molar-refractivity contribution < 1.29 is 4.80 Å². The van der Waals surface area contributed by atoms with Crippen LogP contribution in [0.3, 0.4) is 0 Å². The second-order valence-corrected chi connectivity index (χ2v) is 8.49. The highest BCUT2D eigenvalue weighted by atomic mass is 28.4. The number of aliphatic imine (C=N–C) groups is 1. The maximum Gasteiger partial charge on any atom is 0.229 e. The number of hydrogen-bond donors (Lipinski definition) is 2. The fourth-order valence-electron chi connectivity index (χ4n) is 1.90. The van der Waals surface area contributed by atoms with Crippen LogP contribution >= 0.6 is 0 Å². The summed E-state index contributed by atoms with van der Waals surface area (Å²) in [6, 6.07) is 6.31. The summed E-state index contributed by atoms with van der Waals surface area (Å²) in [5.41, 5.74) is 9.01. The first-order valence-electron chi connectivity index (χ1n) is 5.63. The van der Waals surface area contributed by atoms with Crippen molar-refractivity contribution >= 4 is 19.3 Å². The normalized spacial score (nSPS) is 14.9. The van der Waals surface area contributed by atoms with Gasteiger partial charge in [0.25, 0.3) is 0 Å². The minimum atomic E-state index is -2.23. The molecular formula is C12H18N2OSi. The number of rotatable bonds is 3. The molecule has 0 aliphatic carbocycles. The Morgan fingerprint density at radius 3 is 2.81 bits per heavy atom. The van der Waals surface area contributed by atoms with Crippen LogP contribution in [0.1, 0.15) is 11.1 Å². The molecular weight excluding hydrogens is 216 g/mol. The maximum atomic E-state index is 10.1. The highest BCUT2D eigenvalue weighted by Gasteiger charge is 2.29. The van der Waals surface area contributed by atoms with Gasteiger partial charge in [-0.25, -0.2) is 0 Å². The van der Waals surface area contributed by atoms with Gasteiger partial charge in [0, 0.05) is 11.8 Å². The van der Waals surface area contributed by atoms with E-state index in [1.807, 2.05) is 13.1 Å². The molecule has 1 aromatic carbocycles. The van der Waals surface area contributed by atoms with Crippen molar-refractivity contribution in [3.8, 4) is 0 Å². The molecule has 0 saturated heterocycles. The molecule has 1 aromatic rings. The lowest BCUT2D eigenvalue weighted by molar-refractivity contribution is 0.571. The summed E-state index contributed by atoms with van der Waals surface area (Å²) >= 11 is 0. The maximum absolute atomic E-state index is 10.1. The van der Waals surface area contributed by atoms with E-state index in [0.29, 0.717) is 6.54 Å². The summed E-state index contributed by atoms with van der Waals surface area (Å²) in [5.74, 6) is 0. The van der Waals surface area contributed by atoms with Crippen LogP contribution < -0.4 is 5.73 Å². The van der Waals surface area contributed by atoms with Crippen molar-refractivity contribution in [2.75, 3.05) is 6.54 Å². The lowest BCUT2D eigenvalue weighted by Gasteiger charge is -2.12. The summed E-state index contributed by atoms with van der Waals surface area (Å²) < 4.78 is 0. The Kier molecular flexibility index (Phi) is 2.97. The molecule has 0 radical (unpaired) electrons. The third-order valence-electron chi connectivity index (χ3n) is 2.90. The van der Waals surface area contributed by atoms with E-state index in [2.05, 4.69) is 23.2 Å². The second kappa shape index (κ2) is 4.12. The number of fused-ring (bicyclic) bond motifs is 1. The van der Waals surface area contributed by atoms with Gasteiger partial charge in [0.2, 0.25) is 8.32 Å². The molecule has 1 aliphatic rings. The van der Waals surface area contributed by atoms with Gasteiger partial charge in [0.1, 0.15) is 0 Å². The van der Waals surface area contributed by atoms with Crippen LogP contribution in [0, 0.1) is 0 Å². The third kappa shape index (κ3) is 2.24. The number of nitrogens with two attached hydrogens (primary N) is 1. The quantitative estimate of drug-likeness (QED) is 0.780. The van der Waals surface area contributed by atoms with Gasteiger partial charge in [-0.3, -0.25) is 4.99 Å². The van der Waals surface area contributed by atoms with Gasteiger partial charge in [-0.1, -0.05) is 12.1 Å². The standard InChI is InChI=1S/C12H18N2OSi/c1-16(2,15)12-8-10-4-3-9(5-6-13)7-11(10)14-12/h3-4,7,15H,5-6,8,13H2,1-2H3. The molecule has 1 heterocycles. The summed E-state index contributed by atoms with van der Waals surface area (Å²) in [7, 11) is -2.23. The Morgan fingerprint density at radius 1 is 1.44 bits per heavy atom. The fourth-order valence-corrected chi connectivity index (χ4v) is 2.92. The summed E-state index contributed by atoms with van der Waals surface area (Å²) in [5, 5.41) is 0.979. The van der Waals surface area contributed by atoms with Crippen molar-refractivity contribution in [1.82, 2.24) is 0 Å². The van der Waals surface area contributed by atoms with Crippen LogP contribution in [-0.2, 0) is 12.8 Å². The van der Waals surface area contributed by atoms with Gasteiger partial charge in [-0.15, -0.1) is 0 Å². The van der Waals surface area contributed by atoms with Gasteiger partial charge in [0.15, 0.2) is 0 Å². The molecule has 3 N–H and O–H groups in total. The molecule has 0 atom stereocenters. The Balaban J connectivity index is 2.29. The average Bonchev–Trinajstić information content (AvgIpc) is 2.60. The smallest absolute Gasteiger partial charge is 0.229 e. The number of hydrogen-bond acceptors (Lipinski definition) is 3. The third-order valence-corrected chi connectivity index (χ3v) is 4.60. The van der Waals surface area contributed by atoms with Gasteiger partial charge < -0.3 is 10.5 Å². The van der Waals surface area contributed by atoms with E-state index in [0.717, 1.165) is 23.9 Å². The molecule has 2 rings (SSSR count). The van der Waals surface area contributed by atoms with Crippen molar-refractivity contribution in [2.24, 2.45) is 10.7 Å². The van der Waals surface area contributed by atoms with Gasteiger partial charge in [-0.05, 0) is 43.3 Å². The molecule has 1 aliphatic heterocycles. The largest absolute Gasteiger partial charge is 0.427 e. The highest BCUT2D eigenvalue weighted by Crippen LogP contribution is 2.30. The van der Waals surface area contributed by atoms with Crippen molar-refractivity contribution in [2.45, 2.75) is 25.9 Å². The Hall–Kier alpha value is -0.973. The predicted octanol–water partition coefficient (Wildman–Crippen LogP) is 1.55. The summed E-state index contributed by atoms with van der Waals surface area (Å²) in [6.45, 7) is 4.49. The molecule has 86 valence electrons. The van der Waals surface area contributed by atoms with E-state index in [9.17, 15) is 4.80 Å².